The van der Waals surface area contributed by atoms with Gasteiger partial charge in [0.15, 0.2) is 5.78 Å². The van der Waals surface area contributed by atoms with Crippen LogP contribution in [0.25, 0.3) is 0 Å². The zero-order valence-electron chi connectivity index (χ0n) is 21.8. The normalized spacial score (nSPS) is 13.9. The predicted molar refractivity (Wildman–Crippen MR) is 138 cm³/mol. The Labute approximate surface area is 229 Å². The Balaban J connectivity index is 3.08. The molecule has 13 nitrogen and oxygen atoms in total. The van der Waals surface area contributed by atoms with Gasteiger partial charge in [0, 0.05) is 18.9 Å². The summed E-state index contributed by atoms with van der Waals surface area (Å²) in [5.41, 5.74) is 16.6. The van der Waals surface area contributed by atoms with Crippen molar-refractivity contribution in [3.05, 3.63) is 35.9 Å². The number of aliphatic hydroxyl groups is 1. The number of rotatable bonds is 19. The van der Waals surface area contributed by atoms with Crippen LogP contribution >= 0.6 is 0 Å². The molecular weight excluding hydrogens is 534 g/mol. The number of carbonyl (C=O) groups excluding carboxylic acids is 6. The average Bonchev–Trinajstić information content (AvgIpc) is 2.90. The Morgan fingerprint density at radius 3 is 2.02 bits per heavy atom. The van der Waals surface area contributed by atoms with Crippen LogP contribution in [0.3, 0.4) is 0 Å². The number of benzene rings is 1. The number of nitrogens with one attached hydrogen (secondary N) is 3. The Kier molecular flexibility index (Phi) is 15.0. The molecule has 15 heteroatoms. The number of aliphatic hydroxyl groups excluding tert-OH is 1. The second-order valence-electron chi connectivity index (χ2n) is 9.13. The van der Waals surface area contributed by atoms with Crippen molar-refractivity contribution in [2.24, 2.45) is 23.1 Å². The minimum atomic E-state index is -3.18. The fraction of sp³-hybridized carbons (Fsp3) is 0.520. The van der Waals surface area contributed by atoms with E-state index in [1.54, 1.807) is 30.3 Å². The molecular formula is C25H36F2N6O7. The maximum Gasteiger partial charge on any atom is 0.315 e. The van der Waals surface area contributed by atoms with Gasteiger partial charge in [-0.25, -0.2) is 0 Å². The molecule has 0 heterocycles. The number of nitrogens with two attached hydrogens (primary N) is 3. The van der Waals surface area contributed by atoms with Crippen molar-refractivity contribution in [2.45, 2.75) is 63.1 Å². The first-order valence-corrected chi connectivity index (χ1v) is 12.5. The topological polar surface area (TPSA) is 237 Å². The number of halogens is 2. The summed E-state index contributed by atoms with van der Waals surface area (Å²) in [5.74, 6) is -6.62. The summed E-state index contributed by atoms with van der Waals surface area (Å²) in [6, 6.07) is 4.79. The van der Waals surface area contributed by atoms with Crippen molar-refractivity contribution in [1.82, 2.24) is 16.0 Å². The third kappa shape index (κ3) is 12.7. The number of carbonyl (C=O) groups is 6. The lowest BCUT2D eigenvalue weighted by Gasteiger charge is -2.24. The second kappa shape index (κ2) is 17.6. The highest BCUT2D eigenvalue weighted by molar-refractivity contribution is 5.95. The second-order valence-corrected chi connectivity index (χ2v) is 9.13. The minimum Gasteiger partial charge on any atom is -0.394 e. The van der Waals surface area contributed by atoms with Crippen LogP contribution in [-0.2, 0) is 35.2 Å². The van der Waals surface area contributed by atoms with Gasteiger partial charge in [-0.1, -0.05) is 36.8 Å². The molecule has 0 aliphatic heterocycles. The van der Waals surface area contributed by atoms with Crippen LogP contribution in [0.4, 0.5) is 8.78 Å². The van der Waals surface area contributed by atoms with E-state index >= 15 is 0 Å². The molecule has 1 aromatic carbocycles. The summed E-state index contributed by atoms with van der Waals surface area (Å²) in [7, 11) is 0. The van der Waals surface area contributed by atoms with Crippen molar-refractivity contribution < 1.29 is 42.7 Å². The molecule has 0 fully saturated rings. The molecule has 0 bridgehead atoms. The summed E-state index contributed by atoms with van der Waals surface area (Å²) in [4.78, 5) is 72.8. The first kappa shape index (κ1) is 34.0. The highest BCUT2D eigenvalue weighted by Gasteiger charge is 2.31. The summed E-state index contributed by atoms with van der Waals surface area (Å²) in [5, 5.41) is 16.0. The Morgan fingerprint density at radius 2 is 1.48 bits per heavy atom. The summed E-state index contributed by atoms with van der Waals surface area (Å²) >= 11 is 0. The molecule has 10 N–H and O–H groups in total. The van der Waals surface area contributed by atoms with E-state index in [1.165, 1.54) is 0 Å². The lowest BCUT2D eigenvalue weighted by Crippen LogP contribution is -2.52. The van der Waals surface area contributed by atoms with Crippen molar-refractivity contribution in [2.75, 3.05) is 13.2 Å². The smallest absolute Gasteiger partial charge is 0.315 e. The van der Waals surface area contributed by atoms with Gasteiger partial charge in [-0.05, 0) is 24.8 Å². The van der Waals surface area contributed by atoms with E-state index in [9.17, 15) is 42.7 Å². The molecule has 0 aromatic heterocycles. The molecule has 0 aliphatic carbocycles. The molecule has 0 aliphatic rings. The van der Waals surface area contributed by atoms with E-state index in [-0.39, 0.29) is 32.2 Å². The lowest BCUT2D eigenvalue weighted by atomic mass is 9.90. The maximum absolute atomic E-state index is 13.4. The third-order valence-corrected chi connectivity index (χ3v) is 5.88. The van der Waals surface area contributed by atoms with Gasteiger partial charge in [0.2, 0.25) is 23.6 Å². The molecule has 1 rings (SSSR count). The van der Waals surface area contributed by atoms with E-state index < -0.39 is 85.2 Å². The SMILES string of the molecule is NC(=O)C[C@H](NC(=O)[C@H](CCCCNC(=O)C(F)F)CC(=O)[C@H](Cc1ccccc1)NC(=O)[C@@H](N)CO)C(N)=O. The number of ketones is 1. The van der Waals surface area contributed by atoms with Crippen molar-refractivity contribution >= 4 is 35.3 Å². The van der Waals surface area contributed by atoms with E-state index in [2.05, 4.69) is 10.6 Å². The summed E-state index contributed by atoms with van der Waals surface area (Å²) in [6.45, 7) is -0.775. The summed E-state index contributed by atoms with van der Waals surface area (Å²) < 4.78 is 24.7. The fourth-order valence-electron chi connectivity index (χ4n) is 3.69. The zero-order chi connectivity index (χ0) is 30.2. The molecule has 1 aromatic rings. The number of primary amides is 2. The zero-order valence-corrected chi connectivity index (χ0v) is 21.8. The predicted octanol–water partition coefficient (Wildman–Crippen LogP) is -1.99. The van der Waals surface area contributed by atoms with E-state index in [0.29, 0.717) is 5.56 Å². The van der Waals surface area contributed by atoms with Crippen molar-refractivity contribution in [1.29, 1.82) is 0 Å². The molecule has 4 atom stereocenters. The first-order chi connectivity index (χ1) is 18.8. The molecule has 222 valence electrons. The monoisotopic (exact) mass is 570 g/mol. The quantitative estimate of drug-likeness (QED) is 0.0917. The van der Waals surface area contributed by atoms with Crippen LogP contribution in [-0.4, -0.2) is 78.1 Å². The van der Waals surface area contributed by atoms with Crippen molar-refractivity contribution in [3.8, 4) is 0 Å². The number of alkyl halides is 2. The molecule has 5 amide bonds. The van der Waals surface area contributed by atoms with Gasteiger partial charge in [-0.15, -0.1) is 0 Å². The van der Waals surface area contributed by atoms with Crippen LogP contribution < -0.4 is 33.2 Å². The van der Waals surface area contributed by atoms with E-state index in [0.717, 1.165) is 0 Å². The molecule has 0 spiro atoms. The van der Waals surface area contributed by atoms with E-state index in [1.807, 2.05) is 5.32 Å². The van der Waals surface area contributed by atoms with Gasteiger partial charge in [0.25, 0.3) is 5.91 Å². The van der Waals surface area contributed by atoms with Crippen LogP contribution in [0.15, 0.2) is 30.3 Å². The largest absolute Gasteiger partial charge is 0.394 e. The van der Waals surface area contributed by atoms with Crippen LogP contribution in [0.1, 0.15) is 37.7 Å². The van der Waals surface area contributed by atoms with Gasteiger partial charge in [-0.3, -0.25) is 28.8 Å². The molecule has 0 unspecified atom stereocenters. The first-order valence-electron chi connectivity index (χ1n) is 12.5. The van der Waals surface area contributed by atoms with Crippen LogP contribution in [0.2, 0.25) is 0 Å². The molecule has 40 heavy (non-hydrogen) atoms. The third-order valence-electron chi connectivity index (χ3n) is 5.88. The molecule has 0 saturated heterocycles. The number of amides is 5. The van der Waals surface area contributed by atoms with Crippen molar-refractivity contribution in [3.63, 3.8) is 0 Å². The summed E-state index contributed by atoms with van der Waals surface area (Å²) in [6.07, 6.45) is -3.72. The molecule has 0 radical (unpaired) electrons. The van der Waals surface area contributed by atoms with Gasteiger partial charge in [0.1, 0.15) is 12.1 Å². The van der Waals surface area contributed by atoms with Crippen LogP contribution in [0, 0.1) is 5.92 Å². The van der Waals surface area contributed by atoms with Gasteiger partial charge in [0.05, 0.1) is 19.1 Å². The number of hydrogen-bond donors (Lipinski definition) is 7. The van der Waals surface area contributed by atoms with Gasteiger partial charge in [-0.2, -0.15) is 8.78 Å². The number of Topliss-reactive ketones (excluding diaryl/α,β-unsaturated/α-hetero) is 1. The van der Waals surface area contributed by atoms with Gasteiger partial charge < -0.3 is 38.3 Å². The highest BCUT2D eigenvalue weighted by atomic mass is 19.3. The van der Waals surface area contributed by atoms with E-state index in [4.69, 9.17) is 17.2 Å². The minimum absolute atomic E-state index is 0.0202. The Hall–Kier alpha value is -3.98. The Bertz CT molecular complexity index is 1030. The standard InChI is InChI=1S/C25H36F2N6O7/c26-21(27)25(40)31-9-5-4-8-15(23(38)33-18(22(30)37)12-20(29)36)11-19(35)17(32-24(39)16(28)13-34)10-14-6-2-1-3-7-14/h1-3,6-7,15-18,21,34H,4-5,8-13,28H2,(H2,29,36)(H2,30,37)(H,31,40)(H,32,39)(H,33,38)/t15-,16+,17+,18+/m1/s1. The van der Waals surface area contributed by atoms with Gasteiger partial charge >= 0.3 is 6.43 Å². The Morgan fingerprint density at radius 1 is 0.850 bits per heavy atom. The number of hydrogen-bond acceptors (Lipinski definition) is 8. The van der Waals surface area contributed by atoms with Crippen LogP contribution in [0.5, 0.6) is 0 Å². The average molecular weight is 571 g/mol. The molecule has 0 saturated carbocycles. The lowest BCUT2D eigenvalue weighted by molar-refractivity contribution is -0.134. The maximum atomic E-state index is 13.4. The fourth-order valence-corrected chi connectivity index (χ4v) is 3.69. The highest BCUT2D eigenvalue weighted by Crippen LogP contribution is 2.17. The number of unbranched alkanes of at least 4 members (excludes halogenated alkanes) is 1.